The largest absolute Gasteiger partial charge is 0.384 e. The van der Waals surface area contributed by atoms with E-state index in [1.807, 2.05) is 12.1 Å². The van der Waals surface area contributed by atoms with E-state index in [4.69, 9.17) is 11.1 Å². The highest BCUT2D eigenvalue weighted by Gasteiger charge is 2.03. The molecule has 0 aromatic heterocycles. The van der Waals surface area contributed by atoms with E-state index in [0.717, 1.165) is 24.8 Å². The highest BCUT2D eigenvalue weighted by molar-refractivity contribution is 5.95. The van der Waals surface area contributed by atoms with Crippen LogP contribution in [0.1, 0.15) is 37.0 Å². The Balaban J connectivity index is 3.04. The van der Waals surface area contributed by atoms with Crippen molar-refractivity contribution in [3.05, 3.63) is 34.9 Å². The smallest absolute Gasteiger partial charge is 0.122 e. The molecule has 0 spiro atoms. The van der Waals surface area contributed by atoms with Crippen LogP contribution in [0.5, 0.6) is 0 Å². The Labute approximate surface area is 85.6 Å². The fourth-order valence-corrected chi connectivity index (χ4v) is 1.64. The molecule has 0 radical (unpaired) electrons. The van der Waals surface area contributed by atoms with Crippen LogP contribution in [0.4, 0.5) is 0 Å². The topological polar surface area (TPSA) is 49.9 Å². The summed E-state index contributed by atoms with van der Waals surface area (Å²) < 4.78 is 0. The summed E-state index contributed by atoms with van der Waals surface area (Å²) in [7, 11) is 0. The molecule has 0 fully saturated rings. The molecule has 0 heterocycles. The maximum atomic E-state index is 7.36. The van der Waals surface area contributed by atoms with Crippen molar-refractivity contribution in [2.75, 3.05) is 0 Å². The third kappa shape index (κ3) is 2.34. The average molecular weight is 190 g/mol. The molecule has 2 nitrogen and oxygen atoms in total. The molecule has 14 heavy (non-hydrogen) atoms. The van der Waals surface area contributed by atoms with Crippen molar-refractivity contribution < 1.29 is 0 Å². The molecule has 0 aliphatic carbocycles. The summed E-state index contributed by atoms with van der Waals surface area (Å²) >= 11 is 0. The predicted octanol–water partition coefficient (Wildman–Crippen LogP) is 2.49. The first kappa shape index (κ1) is 10.8. The molecule has 0 aliphatic heterocycles. The number of benzene rings is 1. The van der Waals surface area contributed by atoms with E-state index in [-0.39, 0.29) is 5.84 Å². The zero-order valence-electron chi connectivity index (χ0n) is 8.93. The van der Waals surface area contributed by atoms with Gasteiger partial charge in [0, 0.05) is 5.56 Å². The zero-order chi connectivity index (χ0) is 10.6. The molecule has 2 heteroatoms. The Kier molecular flexibility index (Phi) is 3.69. The summed E-state index contributed by atoms with van der Waals surface area (Å²) in [5, 5.41) is 7.36. The van der Waals surface area contributed by atoms with Gasteiger partial charge in [0.05, 0.1) is 0 Å². The van der Waals surface area contributed by atoms with Crippen molar-refractivity contribution in [2.24, 2.45) is 5.73 Å². The van der Waals surface area contributed by atoms with Crippen molar-refractivity contribution >= 4 is 5.84 Å². The summed E-state index contributed by atoms with van der Waals surface area (Å²) in [4.78, 5) is 0. The third-order valence-electron chi connectivity index (χ3n) is 2.42. The fraction of sp³-hybridized carbons (Fsp3) is 0.417. The van der Waals surface area contributed by atoms with Crippen LogP contribution in [-0.2, 0) is 12.8 Å². The predicted molar refractivity (Wildman–Crippen MR) is 60.8 cm³/mol. The van der Waals surface area contributed by atoms with Crippen LogP contribution >= 0.6 is 0 Å². The normalized spacial score (nSPS) is 10.1. The molecule has 0 atom stereocenters. The van der Waals surface area contributed by atoms with Gasteiger partial charge in [-0.05, 0) is 30.0 Å². The van der Waals surface area contributed by atoms with E-state index in [9.17, 15) is 0 Å². The van der Waals surface area contributed by atoms with Gasteiger partial charge in [0.15, 0.2) is 0 Å². The van der Waals surface area contributed by atoms with Crippen molar-refractivity contribution in [1.29, 1.82) is 5.41 Å². The van der Waals surface area contributed by atoms with Gasteiger partial charge in [0.25, 0.3) is 0 Å². The van der Waals surface area contributed by atoms with Crippen molar-refractivity contribution in [3.8, 4) is 0 Å². The monoisotopic (exact) mass is 190 g/mol. The summed E-state index contributed by atoms with van der Waals surface area (Å²) in [6, 6.07) is 6.07. The summed E-state index contributed by atoms with van der Waals surface area (Å²) in [6.07, 6.45) is 3.28. The molecule has 1 aromatic rings. The second kappa shape index (κ2) is 4.80. The SMILES string of the molecule is CCCc1ccc(C(=N)N)cc1CC. The van der Waals surface area contributed by atoms with Crippen LogP contribution < -0.4 is 5.73 Å². The summed E-state index contributed by atoms with van der Waals surface area (Å²) in [5.41, 5.74) is 8.99. The van der Waals surface area contributed by atoms with E-state index in [1.165, 1.54) is 11.1 Å². The third-order valence-corrected chi connectivity index (χ3v) is 2.42. The molecule has 0 amide bonds. The van der Waals surface area contributed by atoms with Crippen LogP contribution in [0.2, 0.25) is 0 Å². The molecule has 0 aliphatic rings. The number of aryl methyl sites for hydroxylation is 2. The number of rotatable bonds is 4. The van der Waals surface area contributed by atoms with Gasteiger partial charge in [-0.2, -0.15) is 0 Å². The number of nitrogens with one attached hydrogen (secondary N) is 1. The van der Waals surface area contributed by atoms with Gasteiger partial charge in [-0.1, -0.05) is 32.4 Å². The average Bonchev–Trinajstić information content (AvgIpc) is 2.18. The second-order valence-corrected chi connectivity index (χ2v) is 3.50. The standard InChI is InChI=1S/C12H18N2/c1-3-5-10-6-7-11(12(13)14)8-9(10)4-2/h6-8H,3-5H2,1-2H3,(H3,13,14). The van der Waals surface area contributed by atoms with Crippen LogP contribution in [0.25, 0.3) is 0 Å². The van der Waals surface area contributed by atoms with E-state index in [2.05, 4.69) is 19.9 Å². The second-order valence-electron chi connectivity index (χ2n) is 3.50. The van der Waals surface area contributed by atoms with E-state index < -0.39 is 0 Å². The lowest BCUT2D eigenvalue weighted by Gasteiger charge is -2.08. The molecule has 0 unspecified atom stereocenters. The Morgan fingerprint density at radius 2 is 2.00 bits per heavy atom. The molecule has 1 aromatic carbocycles. The molecular formula is C12H18N2. The summed E-state index contributed by atoms with van der Waals surface area (Å²) in [6.45, 7) is 4.32. The maximum absolute atomic E-state index is 7.36. The van der Waals surface area contributed by atoms with Gasteiger partial charge in [0.1, 0.15) is 5.84 Å². The fourth-order valence-electron chi connectivity index (χ4n) is 1.64. The molecule has 0 saturated heterocycles. The molecule has 0 bridgehead atoms. The Bertz CT molecular complexity index is 329. The highest BCUT2D eigenvalue weighted by Crippen LogP contribution is 2.14. The first-order valence-corrected chi connectivity index (χ1v) is 5.15. The van der Waals surface area contributed by atoms with E-state index in [0.29, 0.717) is 0 Å². The van der Waals surface area contributed by atoms with Gasteiger partial charge < -0.3 is 5.73 Å². The van der Waals surface area contributed by atoms with Gasteiger partial charge >= 0.3 is 0 Å². The molecule has 1 rings (SSSR count). The van der Waals surface area contributed by atoms with Gasteiger partial charge in [-0.3, -0.25) is 5.41 Å². The summed E-state index contributed by atoms with van der Waals surface area (Å²) in [5.74, 6) is 0.155. The maximum Gasteiger partial charge on any atom is 0.122 e. The molecular weight excluding hydrogens is 172 g/mol. The first-order chi connectivity index (χ1) is 6.69. The van der Waals surface area contributed by atoms with E-state index in [1.54, 1.807) is 0 Å². The quantitative estimate of drug-likeness (QED) is 0.556. The number of nitrogen functional groups attached to an aromatic ring is 1. The minimum absolute atomic E-state index is 0.155. The van der Waals surface area contributed by atoms with Gasteiger partial charge in [-0.15, -0.1) is 0 Å². The number of amidine groups is 1. The van der Waals surface area contributed by atoms with Gasteiger partial charge in [-0.25, -0.2) is 0 Å². The van der Waals surface area contributed by atoms with Crippen LogP contribution in [0.3, 0.4) is 0 Å². The minimum atomic E-state index is 0.155. The zero-order valence-corrected chi connectivity index (χ0v) is 8.93. The van der Waals surface area contributed by atoms with E-state index >= 15 is 0 Å². The Morgan fingerprint density at radius 3 is 2.50 bits per heavy atom. The molecule has 0 saturated carbocycles. The van der Waals surface area contributed by atoms with Crippen molar-refractivity contribution in [1.82, 2.24) is 0 Å². The highest BCUT2D eigenvalue weighted by atomic mass is 14.7. The minimum Gasteiger partial charge on any atom is -0.384 e. The Morgan fingerprint density at radius 1 is 1.29 bits per heavy atom. The lowest BCUT2D eigenvalue weighted by molar-refractivity contribution is 0.899. The lowest BCUT2D eigenvalue weighted by atomic mass is 9.98. The lowest BCUT2D eigenvalue weighted by Crippen LogP contribution is -2.11. The van der Waals surface area contributed by atoms with Crippen molar-refractivity contribution in [2.45, 2.75) is 33.1 Å². The van der Waals surface area contributed by atoms with Crippen LogP contribution in [-0.4, -0.2) is 5.84 Å². The number of hydrogen-bond acceptors (Lipinski definition) is 1. The number of hydrogen-bond donors (Lipinski definition) is 2. The Hall–Kier alpha value is -1.31. The molecule has 76 valence electrons. The molecule has 3 N–H and O–H groups in total. The van der Waals surface area contributed by atoms with Crippen LogP contribution in [0.15, 0.2) is 18.2 Å². The number of nitrogens with two attached hydrogens (primary N) is 1. The van der Waals surface area contributed by atoms with Crippen LogP contribution in [0, 0.1) is 5.41 Å². The van der Waals surface area contributed by atoms with Crippen molar-refractivity contribution in [3.63, 3.8) is 0 Å². The van der Waals surface area contributed by atoms with Gasteiger partial charge in [0.2, 0.25) is 0 Å². The first-order valence-electron chi connectivity index (χ1n) is 5.15.